The summed E-state index contributed by atoms with van der Waals surface area (Å²) in [5, 5.41) is 10.3. The number of hydrogen-bond donors (Lipinski definition) is 3. The molecule has 9 nitrogen and oxygen atoms in total. The third kappa shape index (κ3) is 6.01. The summed E-state index contributed by atoms with van der Waals surface area (Å²) in [6.45, 7) is -0.0602. The monoisotopic (exact) mass is 595 g/mol. The van der Waals surface area contributed by atoms with Crippen molar-refractivity contribution < 1.29 is 26.7 Å². The Hall–Kier alpha value is -3.26. The summed E-state index contributed by atoms with van der Waals surface area (Å²) in [6.07, 6.45) is -0.527. The number of anilines is 1. The Morgan fingerprint density at radius 1 is 1.23 bits per heavy atom. The number of amides is 1. The molecule has 0 spiro atoms. The molecule has 4 aromatic rings. The molecule has 0 aliphatic carbocycles. The fourth-order valence-corrected chi connectivity index (χ4v) is 6.90. The van der Waals surface area contributed by atoms with Gasteiger partial charge in [0, 0.05) is 13.0 Å². The molecule has 0 bridgehead atoms. The average Bonchev–Trinajstić information content (AvgIpc) is 3.60. The van der Waals surface area contributed by atoms with E-state index in [4.69, 9.17) is 16.3 Å². The van der Waals surface area contributed by atoms with Crippen molar-refractivity contribution in [3.05, 3.63) is 70.1 Å². The van der Waals surface area contributed by atoms with E-state index in [9.17, 15) is 22.0 Å². The third-order valence-electron chi connectivity index (χ3n) is 6.22. The molecule has 2 aromatic carbocycles. The number of thiophene rings is 1. The highest BCUT2D eigenvalue weighted by atomic mass is 35.5. The van der Waals surface area contributed by atoms with Gasteiger partial charge in [-0.3, -0.25) is 19.5 Å². The Morgan fingerprint density at radius 3 is 2.69 bits per heavy atom. The first-order chi connectivity index (χ1) is 18.5. The van der Waals surface area contributed by atoms with E-state index in [1.54, 1.807) is 22.9 Å². The first-order valence-corrected chi connectivity index (χ1v) is 14.5. The number of rotatable bonds is 9. The van der Waals surface area contributed by atoms with Crippen LogP contribution < -0.4 is 20.1 Å². The van der Waals surface area contributed by atoms with E-state index < -0.39 is 40.9 Å². The maximum Gasteiger partial charge on any atom is 0.272 e. The lowest BCUT2D eigenvalue weighted by Gasteiger charge is -2.12. The van der Waals surface area contributed by atoms with Gasteiger partial charge in [0.15, 0.2) is 5.82 Å². The zero-order valence-electron chi connectivity index (χ0n) is 20.6. The van der Waals surface area contributed by atoms with Gasteiger partial charge in [-0.1, -0.05) is 41.9 Å². The molecule has 1 unspecified atom stereocenters. The molecule has 1 fully saturated rings. The van der Waals surface area contributed by atoms with Crippen LogP contribution in [0.2, 0.25) is 4.34 Å². The molecule has 0 saturated carbocycles. The lowest BCUT2D eigenvalue weighted by molar-refractivity contribution is -0.123. The number of halogens is 3. The third-order valence-corrected chi connectivity index (χ3v) is 9.28. The molecule has 5 rings (SSSR count). The quantitative estimate of drug-likeness (QED) is 0.267. The number of nitrogens with zero attached hydrogens (tertiary/aromatic N) is 2. The molecule has 2 aromatic heterocycles. The molecule has 206 valence electrons. The molecule has 3 N–H and O–H groups in total. The highest BCUT2D eigenvalue weighted by Crippen LogP contribution is 2.35. The number of nitrogens with one attached hydrogen (secondary N) is 3. The van der Waals surface area contributed by atoms with E-state index in [-0.39, 0.29) is 23.1 Å². The highest BCUT2D eigenvalue weighted by Gasteiger charge is 2.42. The van der Waals surface area contributed by atoms with Crippen molar-refractivity contribution in [2.75, 3.05) is 18.4 Å². The molecule has 3 heterocycles. The summed E-state index contributed by atoms with van der Waals surface area (Å²) < 4.78 is 62.9. The maximum atomic E-state index is 13.4. The van der Waals surface area contributed by atoms with Gasteiger partial charge in [0.25, 0.3) is 15.9 Å². The fraction of sp³-hybridized carbons (Fsp3) is 0.280. The van der Waals surface area contributed by atoms with Gasteiger partial charge < -0.3 is 10.1 Å². The zero-order valence-corrected chi connectivity index (χ0v) is 23.0. The van der Waals surface area contributed by atoms with Crippen molar-refractivity contribution in [2.45, 2.75) is 35.7 Å². The Labute approximate surface area is 232 Å². The first-order valence-electron chi connectivity index (χ1n) is 11.8. The number of carbonyl (C=O) groups is 1. The Morgan fingerprint density at radius 2 is 2.00 bits per heavy atom. The summed E-state index contributed by atoms with van der Waals surface area (Å²) in [6, 6.07) is 14.7. The number of sulfonamides is 1. The Balaban J connectivity index is 1.37. The normalized spacial score (nSPS) is 16.9. The van der Waals surface area contributed by atoms with Crippen LogP contribution in [0.15, 0.2) is 58.8 Å². The average molecular weight is 596 g/mol. The van der Waals surface area contributed by atoms with E-state index in [1.165, 1.54) is 19.2 Å². The first kappa shape index (κ1) is 27.3. The van der Waals surface area contributed by atoms with Gasteiger partial charge in [0.2, 0.25) is 5.91 Å². The molecule has 39 heavy (non-hydrogen) atoms. The highest BCUT2D eigenvalue weighted by molar-refractivity contribution is 7.94. The van der Waals surface area contributed by atoms with Crippen LogP contribution in [0.5, 0.6) is 5.75 Å². The van der Waals surface area contributed by atoms with Crippen molar-refractivity contribution in [3.8, 4) is 5.75 Å². The number of carbonyl (C=O) groups excluding carboxylic acids is 1. The molecular formula is C25H24ClF2N5O4S2. The summed E-state index contributed by atoms with van der Waals surface area (Å²) in [5.74, 6) is -2.81. The van der Waals surface area contributed by atoms with Crippen LogP contribution in [0.1, 0.15) is 17.5 Å². The van der Waals surface area contributed by atoms with Crippen LogP contribution in [0, 0.1) is 0 Å². The van der Waals surface area contributed by atoms with E-state index in [0.29, 0.717) is 21.0 Å². The van der Waals surface area contributed by atoms with Gasteiger partial charge >= 0.3 is 0 Å². The lowest BCUT2D eigenvalue weighted by Crippen LogP contribution is -2.40. The predicted molar refractivity (Wildman–Crippen MR) is 145 cm³/mol. The number of hydrogen-bond acceptors (Lipinski definition) is 7. The summed E-state index contributed by atoms with van der Waals surface area (Å²) in [4.78, 5) is 12.3. The minimum Gasteiger partial charge on any atom is -0.496 e. The van der Waals surface area contributed by atoms with E-state index >= 15 is 0 Å². The Kier molecular flexibility index (Phi) is 7.51. The SMILES string of the molecule is COc1cccc2c1c(NS(=O)(=O)c1ccc(Cl)s1)nn2Cc1cccc(CNC(=O)C2CC(F)(F)CN2)c1. The van der Waals surface area contributed by atoms with Crippen molar-refractivity contribution in [1.82, 2.24) is 20.4 Å². The number of aromatic nitrogens is 2. The number of ether oxygens (including phenoxy) is 1. The minimum absolute atomic E-state index is 0.0522. The predicted octanol–water partition coefficient (Wildman–Crippen LogP) is 4.22. The van der Waals surface area contributed by atoms with Crippen molar-refractivity contribution >= 4 is 55.6 Å². The lowest BCUT2D eigenvalue weighted by atomic mass is 10.1. The summed E-state index contributed by atoms with van der Waals surface area (Å²) in [7, 11) is -2.46. The summed E-state index contributed by atoms with van der Waals surface area (Å²) in [5.41, 5.74) is 2.25. The molecule has 1 aliphatic heterocycles. The molecule has 1 atom stereocenters. The second-order valence-corrected chi connectivity index (χ2v) is 12.7. The fourth-order valence-electron chi connectivity index (χ4n) is 4.40. The maximum absolute atomic E-state index is 13.4. The van der Waals surface area contributed by atoms with Gasteiger partial charge in [-0.25, -0.2) is 17.2 Å². The minimum atomic E-state index is -3.94. The molecule has 0 radical (unpaired) electrons. The van der Waals surface area contributed by atoms with Gasteiger partial charge in [-0.15, -0.1) is 11.3 Å². The standard InChI is InChI=1S/C25H24ClF2N5O4S2/c1-37-19-7-3-6-18-22(19)23(32-39(35,36)21-9-8-20(26)38-21)31-33(18)13-16-5-2-4-15(10-16)12-29-24(34)17-11-25(27,28)14-30-17/h2-10,17,30H,11-14H2,1H3,(H,29,34)(H,31,32). The van der Waals surface area contributed by atoms with Crippen LogP contribution in [0.25, 0.3) is 10.9 Å². The smallest absolute Gasteiger partial charge is 0.272 e. The van der Waals surface area contributed by atoms with Gasteiger partial charge in [0.1, 0.15) is 9.96 Å². The zero-order chi connectivity index (χ0) is 27.8. The number of alkyl halides is 2. The Bertz CT molecular complexity index is 1640. The van der Waals surface area contributed by atoms with Crippen molar-refractivity contribution in [1.29, 1.82) is 0 Å². The van der Waals surface area contributed by atoms with Crippen molar-refractivity contribution in [2.24, 2.45) is 0 Å². The molecule has 1 saturated heterocycles. The van der Waals surface area contributed by atoms with Crippen LogP contribution >= 0.6 is 22.9 Å². The topological polar surface area (TPSA) is 114 Å². The van der Waals surface area contributed by atoms with Crippen molar-refractivity contribution in [3.63, 3.8) is 0 Å². The van der Waals surface area contributed by atoms with Crippen LogP contribution in [0.4, 0.5) is 14.6 Å². The summed E-state index contributed by atoms with van der Waals surface area (Å²) >= 11 is 6.87. The van der Waals surface area contributed by atoms with Crippen LogP contribution in [-0.4, -0.2) is 49.7 Å². The van der Waals surface area contributed by atoms with Gasteiger partial charge in [-0.2, -0.15) is 5.10 Å². The number of fused-ring (bicyclic) bond motifs is 1. The van der Waals surface area contributed by atoms with Crippen LogP contribution in [-0.2, 0) is 27.9 Å². The molecule has 14 heteroatoms. The van der Waals surface area contributed by atoms with Gasteiger partial charge in [0.05, 0.1) is 41.5 Å². The second-order valence-electron chi connectivity index (χ2n) is 9.06. The number of benzene rings is 2. The second kappa shape index (κ2) is 10.7. The van der Waals surface area contributed by atoms with Gasteiger partial charge in [-0.05, 0) is 35.4 Å². The van der Waals surface area contributed by atoms with E-state index in [2.05, 4.69) is 20.5 Å². The van der Waals surface area contributed by atoms with E-state index in [0.717, 1.165) is 22.5 Å². The van der Waals surface area contributed by atoms with Crippen LogP contribution in [0.3, 0.4) is 0 Å². The largest absolute Gasteiger partial charge is 0.496 e. The number of methoxy groups -OCH3 is 1. The molecular weight excluding hydrogens is 572 g/mol. The molecule has 1 amide bonds. The molecule has 1 aliphatic rings. The van der Waals surface area contributed by atoms with E-state index in [1.807, 2.05) is 24.3 Å².